The van der Waals surface area contributed by atoms with Crippen LogP contribution in [0, 0.1) is 0 Å². The largest absolute Gasteiger partial charge is 0.477 e. The van der Waals surface area contributed by atoms with Gasteiger partial charge in [-0.3, -0.25) is 0 Å². The molecule has 0 spiro atoms. The van der Waals surface area contributed by atoms with Crippen LogP contribution in [0.4, 0.5) is 5.69 Å². The fraction of sp³-hybridized carbons (Fsp3) is 0.333. The summed E-state index contributed by atoms with van der Waals surface area (Å²) >= 11 is 0. The number of rotatable bonds is 3. The standard InChI is InChI=1S/C15H16N2O3/c1-9-11(6-7-20-9)16-13-8-14(15(18)19)17-12-5-3-2-4-10(12)13/h2-5,8-9,11H,6-7H2,1H3,(H,16,17)(H,18,19). The number of benzene rings is 1. The summed E-state index contributed by atoms with van der Waals surface area (Å²) in [5, 5.41) is 13.5. The van der Waals surface area contributed by atoms with Crippen molar-refractivity contribution in [3.05, 3.63) is 36.0 Å². The van der Waals surface area contributed by atoms with Crippen LogP contribution in [-0.4, -0.2) is 34.8 Å². The molecule has 2 N–H and O–H groups in total. The fourth-order valence-electron chi connectivity index (χ4n) is 2.53. The lowest BCUT2D eigenvalue weighted by Gasteiger charge is -2.19. The van der Waals surface area contributed by atoms with Crippen LogP contribution in [0.5, 0.6) is 0 Å². The number of aromatic nitrogens is 1. The van der Waals surface area contributed by atoms with Gasteiger partial charge in [-0.2, -0.15) is 0 Å². The third-order valence-electron chi connectivity index (χ3n) is 3.65. The van der Waals surface area contributed by atoms with Gasteiger partial charge in [0.1, 0.15) is 0 Å². The summed E-state index contributed by atoms with van der Waals surface area (Å²) in [6.45, 7) is 2.75. The summed E-state index contributed by atoms with van der Waals surface area (Å²) in [4.78, 5) is 15.3. The van der Waals surface area contributed by atoms with E-state index < -0.39 is 5.97 Å². The molecule has 1 aliphatic heterocycles. The van der Waals surface area contributed by atoms with E-state index >= 15 is 0 Å². The molecule has 2 heterocycles. The number of nitrogens with one attached hydrogen (secondary N) is 1. The number of pyridine rings is 1. The van der Waals surface area contributed by atoms with Gasteiger partial charge in [-0.05, 0) is 25.5 Å². The Morgan fingerprint density at radius 1 is 1.45 bits per heavy atom. The van der Waals surface area contributed by atoms with Crippen molar-refractivity contribution in [3.63, 3.8) is 0 Å². The van der Waals surface area contributed by atoms with Gasteiger partial charge >= 0.3 is 5.97 Å². The number of para-hydroxylation sites is 1. The average Bonchev–Trinajstić information content (AvgIpc) is 2.84. The number of aromatic carboxylic acids is 1. The molecule has 1 aliphatic rings. The van der Waals surface area contributed by atoms with Gasteiger partial charge in [0.15, 0.2) is 5.69 Å². The molecule has 20 heavy (non-hydrogen) atoms. The lowest BCUT2D eigenvalue weighted by atomic mass is 10.1. The SMILES string of the molecule is CC1OCCC1Nc1cc(C(=O)O)nc2ccccc12. The van der Waals surface area contributed by atoms with E-state index in [-0.39, 0.29) is 17.8 Å². The highest BCUT2D eigenvalue weighted by atomic mass is 16.5. The van der Waals surface area contributed by atoms with Crippen LogP contribution >= 0.6 is 0 Å². The van der Waals surface area contributed by atoms with Gasteiger partial charge in [-0.15, -0.1) is 0 Å². The van der Waals surface area contributed by atoms with Gasteiger partial charge in [0.25, 0.3) is 0 Å². The molecule has 1 aromatic carbocycles. The lowest BCUT2D eigenvalue weighted by Crippen LogP contribution is -2.27. The Morgan fingerprint density at radius 3 is 2.95 bits per heavy atom. The van der Waals surface area contributed by atoms with Crippen molar-refractivity contribution in [3.8, 4) is 0 Å². The molecule has 0 amide bonds. The predicted molar refractivity (Wildman–Crippen MR) is 76.1 cm³/mol. The maximum atomic E-state index is 11.2. The van der Waals surface area contributed by atoms with Crippen molar-refractivity contribution in [2.45, 2.75) is 25.5 Å². The van der Waals surface area contributed by atoms with Crippen LogP contribution < -0.4 is 5.32 Å². The molecule has 1 saturated heterocycles. The Hall–Kier alpha value is -2.14. The zero-order valence-corrected chi connectivity index (χ0v) is 11.2. The van der Waals surface area contributed by atoms with Crippen LogP contribution in [0.15, 0.2) is 30.3 Å². The minimum absolute atomic E-state index is 0.0535. The van der Waals surface area contributed by atoms with E-state index in [1.54, 1.807) is 6.07 Å². The Morgan fingerprint density at radius 2 is 2.25 bits per heavy atom. The molecule has 0 radical (unpaired) electrons. The average molecular weight is 272 g/mol. The second-order valence-electron chi connectivity index (χ2n) is 4.99. The van der Waals surface area contributed by atoms with Crippen molar-refractivity contribution in [2.75, 3.05) is 11.9 Å². The zero-order valence-electron chi connectivity index (χ0n) is 11.2. The molecule has 2 unspecified atom stereocenters. The minimum Gasteiger partial charge on any atom is -0.477 e. The summed E-state index contributed by atoms with van der Waals surface area (Å²) < 4.78 is 5.53. The first-order valence-electron chi connectivity index (χ1n) is 6.66. The number of hydrogen-bond donors (Lipinski definition) is 2. The van der Waals surface area contributed by atoms with E-state index in [9.17, 15) is 4.79 Å². The molecule has 2 aromatic rings. The highest BCUT2D eigenvalue weighted by Gasteiger charge is 2.24. The quantitative estimate of drug-likeness (QED) is 0.898. The zero-order chi connectivity index (χ0) is 14.1. The molecule has 1 fully saturated rings. The molecule has 5 heteroatoms. The molecule has 5 nitrogen and oxygen atoms in total. The van der Waals surface area contributed by atoms with Crippen molar-refractivity contribution in [2.24, 2.45) is 0 Å². The first-order chi connectivity index (χ1) is 9.65. The number of carboxylic acids is 1. The summed E-state index contributed by atoms with van der Waals surface area (Å²) in [6.07, 6.45) is 1.04. The van der Waals surface area contributed by atoms with Crippen LogP contribution in [0.1, 0.15) is 23.8 Å². The number of anilines is 1. The van der Waals surface area contributed by atoms with E-state index in [4.69, 9.17) is 9.84 Å². The fourth-order valence-corrected chi connectivity index (χ4v) is 2.53. The molecule has 0 bridgehead atoms. The highest BCUT2D eigenvalue weighted by Crippen LogP contribution is 2.26. The minimum atomic E-state index is -1.02. The van der Waals surface area contributed by atoms with E-state index in [2.05, 4.69) is 10.3 Å². The van der Waals surface area contributed by atoms with Crippen LogP contribution in [0.25, 0.3) is 10.9 Å². The van der Waals surface area contributed by atoms with Crippen molar-refractivity contribution in [1.29, 1.82) is 0 Å². The number of nitrogens with zero attached hydrogens (tertiary/aromatic N) is 1. The summed E-state index contributed by atoms with van der Waals surface area (Å²) in [6, 6.07) is 9.33. The third kappa shape index (κ3) is 2.32. The maximum Gasteiger partial charge on any atom is 0.354 e. The summed E-state index contributed by atoms with van der Waals surface area (Å²) in [5.74, 6) is -1.02. The summed E-state index contributed by atoms with van der Waals surface area (Å²) in [5.41, 5.74) is 1.54. The first-order valence-corrected chi connectivity index (χ1v) is 6.66. The van der Waals surface area contributed by atoms with Gasteiger partial charge in [-0.1, -0.05) is 18.2 Å². The van der Waals surface area contributed by atoms with Gasteiger partial charge in [0.05, 0.1) is 17.7 Å². The molecular weight excluding hydrogens is 256 g/mol. The smallest absolute Gasteiger partial charge is 0.354 e. The van der Waals surface area contributed by atoms with Crippen molar-refractivity contribution >= 4 is 22.6 Å². The van der Waals surface area contributed by atoms with Gasteiger partial charge in [0, 0.05) is 17.7 Å². The Bertz CT molecular complexity index is 657. The van der Waals surface area contributed by atoms with E-state index in [1.807, 2.05) is 31.2 Å². The monoisotopic (exact) mass is 272 g/mol. The van der Waals surface area contributed by atoms with Crippen molar-refractivity contribution in [1.82, 2.24) is 4.98 Å². The maximum absolute atomic E-state index is 11.2. The number of ether oxygens (including phenoxy) is 1. The third-order valence-corrected chi connectivity index (χ3v) is 3.65. The van der Waals surface area contributed by atoms with Crippen molar-refractivity contribution < 1.29 is 14.6 Å². The Kier molecular flexibility index (Phi) is 3.28. The molecule has 1 aromatic heterocycles. The second kappa shape index (κ2) is 5.09. The van der Waals surface area contributed by atoms with Gasteiger partial charge in [0.2, 0.25) is 0 Å². The molecule has 0 aliphatic carbocycles. The number of carbonyl (C=O) groups is 1. The van der Waals surface area contributed by atoms with Crippen LogP contribution in [0.2, 0.25) is 0 Å². The Labute approximate surface area is 116 Å². The first kappa shape index (κ1) is 12.9. The Balaban J connectivity index is 2.05. The molecular formula is C15H16N2O3. The number of hydrogen-bond acceptors (Lipinski definition) is 4. The van der Waals surface area contributed by atoms with E-state index in [0.29, 0.717) is 5.52 Å². The topological polar surface area (TPSA) is 71.5 Å². The number of fused-ring (bicyclic) bond motifs is 1. The molecule has 2 atom stereocenters. The normalized spacial score (nSPS) is 22.1. The molecule has 0 saturated carbocycles. The van der Waals surface area contributed by atoms with E-state index in [0.717, 1.165) is 24.1 Å². The van der Waals surface area contributed by atoms with Crippen LogP contribution in [0.3, 0.4) is 0 Å². The summed E-state index contributed by atoms with van der Waals surface area (Å²) in [7, 11) is 0. The highest BCUT2D eigenvalue weighted by molar-refractivity contribution is 5.97. The van der Waals surface area contributed by atoms with E-state index in [1.165, 1.54) is 0 Å². The van der Waals surface area contributed by atoms with Crippen LogP contribution in [-0.2, 0) is 4.74 Å². The predicted octanol–water partition coefficient (Wildman–Crippen LogP) is 2.52. The van der Waals surface area contributed by atoms with Gasteiger partial charge < -0.3 is 15.2 Å². The lowest BCUT2D eigenvalue weighted by molar-refractivity contribution is 0.0691. The molecule has 3 rings (SSSR count). The second-order valence-corrected chi connectivity index (χ2v) is 4.99. The van der Waals surface area contributed by atoms with Gasteiger partial charge in [-0.25, -0.2) is 9.78 Å². The number of carboxylic acid groups (broad SMARTS) is 1. The molecule has 104 valence electrons.